The van der Waals surface area contributed by atoms with E-state index < -0.39 is 11.6 Å². The zero-order valence-corrected chi connectivity index (χ0v) is 8.75. The van der Waals surface area contributed by atoms with Crippen molar-refractivity contribution in [2.45, 2.75) is 31.4 Å². The van der Waals surface area contributed by atoms with E-state index in [9.17, 15) is 8.78 Å². The molecule has 2 unspecified atom stereocenters. The molecule has 2 atom stereocenters. The van der Waals surface area contributed by atoms with Crippen molar-refractivity contribution in [3.05, 3.63) is 23.8 Å². The van der Waals surface area contributed by atoms with Crippen LogP contribution in [-0.4, -0.2) is 12.1 Å². The smallest absolute Gasteiger partial charge is 0.202 e. The minimum absolute atomic E-state index is 0.0954. The molecule has 88 valence electrons. The van der Waals surface area contributed by atoms with Crippen LogP contribution < -0.4 is 16.2 Å². The number of hydrogen-bond donors (Lipinski definition) is 2. The van der Waals surface area contributed by atoms with E-state index in [1.54, 1.807) is 0 Å². The number of rotatable bonds is 2. The van der Waals surface area contributed by atoms with Crippen LogP contribution in [0.15, 0.2) is 12.1 Å². The molecule has 1 aromatic carbocycles. The Labute approximate surface area is 92.4 Å². The SMILES string of the molecule is Nc1ccc(F)c(F)c1OC1CCCC1N. The van der Waals surface area contributed by atoms with Gasteiger partial charge in [0.05, 0.1) is 5.69 Å². The molecule has 0 aromatic heterocycles. The molecule has 0 saturated heterocycles. The van der Waals surface area contributed by atoms with E-state index in [0.29, 0.717) is 0 Å². The van der Waals surface area contributed by atoms with Crippen LogP contribution in [0.3, 0.4) is 0 Å². The average Bonchev–Trinajstić information content (AvgIpc) is 2.65. The molecule has 0 aliphatic heterocycles. The van der Waals surface area contributed by atoms with E-state index in [4.69, 9.17) is 16.2 Å². The lowest BCUT2D eigenvalue weighted by atomic mass is 10.2. The van der Waals surface area contributed by atoms with Gasteiger partial charge in [-0.15, -0.1) is 0 Å². The Bertz CT molecular complexity index is 398. The summed E-state index contributed by atoms with van der Waals surface area (Å²) in [6.45, 7) is 0. The second-order valence-corrected chi connectivity index (χ2v) is 4.03. The molecule has 3 nitrogen and oxygen atoms in total. The third-order valence-electron chi connectivity index (χ3n) is 2.85. The highest BCUT2D eigenvalue weighted by Crippen LogP contribution is 2.31. The molecule has 0 amide bonds. The van der Waals surface area contributed by atoms with Crippen LogP contribution in [0.5, 0.6) is 5.75 Å². The van der Waals surface area contributed by atoms with Gasteiger partial charge in [-0.05, 0) is 31.4 Å². The van der Waals surface area contributed by atoms with Crippen LogP contribution in [0.2, 0.25) is 0 Å². The summed E-state index contributed by atoms with van der Waals surface area (Å²) >= 11 is 0. The summed E-state index contributed by atoms with van der Waals surface area (Å²) in [4.78, 5) is 0. The number of benzene rings is 1. The van der Waals surface area contributed by atoms with E-state index in [1.807, 2.05) is 0 Å². The van der Waals surface area contributed by atoms with Gasteiger partial charge in [0.15, 0.2) is 11.6 Å². The van der Waals surface area contributed by atoms with Crippen LogP contribution in [0.25, 0.3) is 0 Å². The van der Waals surface area contributed by atoms with Gasteiger partial charge >= 0.3 is 0 Å². The fourth-order valence-corrected chi connectivity index (χ4v) is 1.92. The van der Waals surface area contributed by atoms with Crippen molar-refractivity contribution in [3.8, 4) is 5.75 Å². The maximum atomic E-state index is 13.4. The number of nitrogen functional groups attached to an aromatic ring is 1. The van der Waals surface area contributed by atoms with Gasteiger partial charge in [0.1, 0.15) is 6.10 Å². The number of anilines is 1. The van der Waals surface area contributed by atoms with Crippen molar-refractivity contribution in [3.63, 3.8) is 0 Å². The van der Waals surface area contributed by atoms with E-state index >= 15 is 0 Å². The fourth-order valence-electron chi connectivity index (χ4n) is 1.92. The maximum absolute atomic E-state index is 13.4. The topological polar surface area (TPSA) is 61.3 Å². The molecule has 1 aliphatic rings. The maximum Gasteiger partial charge on any atom is 0.202 e. The first-order chi connectivity index (χ1) is 7.59. The quantitative estimate of drug-likeness (QED) is 0.759. The van der Waals surface area contributed by atoms with Gasteiger partial charge in [-0.1, -0.05) is 0 Å². The highest BCUT2D eigenvalue weighted by molar-refractivity contribution is 5.53. The molecule has 0 radical (unpaired) electrons. The molecule has 1 saturated carbocycles. The third-order valence-corrected chi connectivity index (χ3v) is 2.85. The second kappa shape index (κ2) is 4.25. The summed E-state index contributed by atoms with van der Waals surface area (Å²) in [7, 11) is 0. The first-order valence-corrected chi connectivity index (χ1v) is 5.25. The molecule has 0 heterocycles. The summed E-state index contributed by atoms with van der Waals surface area (Å²) in [6, 6.07) is 2.13. The highest BCUT2D eigenvalue weighted by atomic mass is 19.2. The van der Waals surface area contributed by atoms with Crippen LogP contribution in [0.1, 0.15) is 19.3 Å². The van der Waals surface area contributed by atoms with Gasteiger partial charge in [-0.25, -0.2) is 4.39 Å². The van der Waals surface area contributed by atoms with Gasteiger partial charge < -0.3 is 16.2 Å². The van der Waals surface area contributed by atoms with E-state index in [2.05, 4.69) is 0 Å². The Hall–Kier alpha value is -1.36. The van der Waals surface area contributed by atoms with Crippen molar-refractivity contribution in [2.75, 3.05) is 5.73 Å². The molecule has 1 aromatic rings. The summed E-state index contributed by atoms with van der Waals surface area (Å²) in [6.07, 6.45) is 2.24. The molecule has 16 heavy (non-hydrogen) atoms. The van der Waals surface area contributed by atoms with Gasteiger partial charge in [0.2, 0.25) is 5.82 Å². The normalized spacial score (nSPS) is 24.7. The number of ether oxygens (including phenoxy) is 1. The first-order valence-electron chi connectivity index (χ1n) is 5.25. The Morgan fingerprint density at radius 2 is 2.00 bits per heavy atom. The Kier molecular flexibility index (Phi) is 2.96. The second-order valence-electron chi connectivity index (χ2n) is 4.03. The number of hydrogen-bond acceptors (Lipinski definition) is 3. The summed E-state index contributed by atoms with van der Waals surface area (Å²) in [5, 5.41) is 0. The molecule has 1 fully saturated rings. The zero-order valence-electron chi connectivity index (χ0n) is 8.75. The Balaban J connectivity index is 2.23. The first kappa shape index (κ1) is 11.1. The van der Waals surface area contributed by atoms with Crippen LogP contribution in [-0.2, 0) is 0 Å². The fraction of sp³-hybridized carbons (Fsp3) is 0.455. The van der Waals surface area contributed by atoms with Crippen LogP contribution >= 0.6 is 0 Å². The molecule has 5 heteroatoms. The van der Waals surface area contributed by atoms with E-state index in [1.165, 1.54) is 6.07 Å². The Morgan fingerprint density at radius 1 is 1.25 bits per heavy atom. The minimum atomic E-state index is -1.04. The molecule has 1 aliphatic carbocycles. The lowest BCUT2D eigenvalue weighted by Gasteiger charge is -2.19. The molecular formula is C11H14F2N2O. The Morgan fingerprint density at radius 3 is 2.62 bits per heavy atom. The van der Waals surface area contributed by atoms with Crippen molar-refractivity contribution in [1.29, 1.82) is 0 Å². The summed E-state index contributed by atoms with van der Waals surface area (Å²) in [5.74, 6) is -2.22. The summed E-state index contributed by atoms with van der Waals surface area (Å²) < 4.78 is 31.8. The number of halogens is 2. The largest absolute Gasteiger partial charge is 0.483 e. The van der Waals surface area contributed by atoms with Crippen LogP contribution in [0, 0.1) is 11.6 Å². The monoisotopic (exact) mass is 228 g/mol. The van der Waals surface area contributed by atoms with Gasteiger partial charge in [0.25, 0.3) is 0 Å². The van der Waals surface area contributed by atoms with Crippen molar-refractivity contribution >= 4 is 5.69 Å². The standard InChI is InChI=1S/C11H14F2N2O/c12-6-4-5-8(15)11(10(6)13)16-9-3-1-2-7(9)14/h4-5,7,9H,1-3,14-15H2. The predicted molar refractivity (Wildman–Crippen MR) is 57.0 cm³/mol. The third kappa shape index (κ3) is 1.95. The van der Waals surface area contributed by atoms with Crippen molar-refractivity contribution in [2.24, 2.45) is 5.73 Å². The zero-order chi connectivity index (χ0) is 11.7. The van der Waals surface area contributed by atoms with Crippen LogP contribution in [0.4, 0.5) is 14.5 Å². The number of nitrogens with two attached hydrogens (primary N) is 2. The lowest BCUT2D eigenvalue weighted by molar-refractivity contribution is 0.183. The molecule has 2 rings (SSSR count). The minimum Gasteiger partial charge on any atom is -0.483 e. The van der Waals surface area contributed by atoms with Crippen molar-refractivity contribution in [1.82, 2.24) is 0 Å². The predicted octanol–water partition coefficient (Wildman–Crippen LogP) is 1.81. The molecule has 0 spiro atoms. The highest BCUT2D eigenvalue weighted by Gasteiger charge is 2.27. The van der Waals surface area contributed by atoms with Gasteiger partial charge in [-0.3, -0.25) is 0 Å². The lowest BCUT2D eigenvalue weighted by Crippen LogP contribution is -2.34. The molecule has 4 N–H and O–H groups in total. The van der Waals surface area contributed by atoms with E-state index in [-0.39, 0.29) is 23.6 Å². The summed E-state index contributed by atoms with van der Waals surface area (Å²) in [5.41, 5.74) is 11.4. The van der Waals surface area contributed by atoms with Gasteiger partial charge in [0, 0.05) is 6.04 Å². The van der Waals surface area contributed by atoms with Gasteiger partial charge in [-0.2, -0.15) is 4.39 Å². The molecular weight excluding hydrogens is 214 g/mol. The molecule has 0 bridgehead atoms. The van der Waals surface area contributed by atoms with E-state index in [0.717, 1.165) is 25.3 Å². The van der Waals surface area contributed by atoms with Crippen molar-refractivity contribution < 1.29 is 13.5 Å². The average molecular weight is 228 g/mol.